The van der Waals surface area contributed by atoms with Gasteiger partial charge in [0.05, 0.1) is 21.6 Å². The molecule has 0 amide bonds. The van der Waals surface area contributed by atoms with Gasteiger partial charge in [-0.3, -0.25) is 14.6 Å². The number of aliphatic imine (C=N–C) groups is 1. The summed E-state index contributed by atoms with van der Waals surface area (Å²) in [7, 11) is -4.19. The summed E-state index contributed by atoms with van der Waals surface area (Å²) >= 11 is 0. The van der Waals surface area contributed by atoms with Crippen LogP contribution in [0.4, 0.5) is 0 Å². The highest BCUT2D eigenvalue weighted by Crippen LogP contribution is 2.29. The number of nitrogens with zero attached hydrogens (tertiary/aromatic N) is 2. The van der Waals surface area contributed by atoms with Gasteiger partial charge in [0.25, 0.3) is 5.56 Å². The minimum absolute atomic E-state index is 0.0714. The number of fused-ring (bicyclic) bond motifs is 1. The summed E-state index contributed by atoms with van der Waals surface area (Å²) < 4.78 is 29.1. The number of aliphatic carboxylic acids is 1. The number of hydrogen-bond donors (Lipinski definition) is 4. The number of hydrogen-bond acceptors (Lipinski definition) is 7. The van der Waals surface area contributed by atoms with E-state index in [1.807, 2.05) is 39.0 Å². The number of aromatic nitrogens is 2. The highest BCUT2D eigenvalue weighted by Gasteiger charge is 2.30. The van der Waals surface area contributed by atoms with Crippen LogP contribution in [0.3, 0.4) is 0 Å². The first kappa shape index (κ1) is 29.2. The second-order valence-corrected chi connectivity index (χ2v) is 11.8. The summed E-state index contributed by atoms with van der Waals surface area (Å²) in [6, 6.07) is 3.67. The predicted octanol–water partition coefficient (Wildman–Crippen LogP) is 3.23. The first-order valence-corrected chi connectivity index (χ1v) is 14.7. The maximum Gasteiger partial charge on any atom is 0.322 e. The van der Waals surface area contributed by atoms with Gasteiger partial charge in [0, 0.05) is 25.9 Å². The maximum absolute atomic E-state index is 13.4. The van der Waals surface area contributed by atoms with Crippen LogP contribution in [0.5, 0.6) is 0 Å². The second kappa shape index (κ2) is 11.7. The molecule has 0 saturated heterocycles. The molecule has 1 atom stereocenters. The third-order valence-electron chi connectivity index (χ3n) is 7.58. The fourth-order valence-corrected chi connectivity index (χ4v) is 6.74. The Labute approximate surface area is 233 Å². The van der Waals surface area contributed by atoms with E-state index in [4.69, 9.17) is 0 Å². The molecular weight excluding hydrogens is 530 g/mol. The van der Waals surface area contributed by atoms with Crippen molar-refractivity contribution in [2.75, 3.05) is 13.1 Å². The fourth-order valence-electron chi connectivity index (χ4n) is 4.95. The summed E-state index contributed by atoms with van der Waals surface area (Å²) in [5, 5.41) is 13.5. The van der Waals surface area contributed by atoms with Gasteiger partial charge in [0.1, 0.15) is 11.9 Å². The molecule has 212 valence electrons. The smallest absolute Gasteiger partial charge is 0.322 e. The van der Waals surface area contributed by atoms with Crippen molar-refractivity contribution in [3.05, 3.63) is 73.8 Å². The van der Waals surface area contributed by atoms with Crippen LogP contribution in [0.15, 0.2) is 39.0 Å². The van der Waals surface area contributed by atoms with E-state index in [1.165, 1.54) is 0 Å². The third-order valence-corrected chi connectivity index (χ3v) is 9.32. The molecule has 0 saturated carbocycles. The summed E-state index contributed by atoms with van der Waals surface area (Å²) in [5.74, 6) is -0.297. The number of carboxylic acids is 1. The number of benzene rings is 2. The molecule has 0 unspecified atom stereocenters. The van der Waals surface area contributed by atoms with E-state index in [9.17, 15) is 23.1 Å². The molecular formula is C29H35N5O5S. The van der Waals surface area contributed by atoms with Crippen molar-refractivity contribution in [2.45, 2.75) is 64.8 Å². The van der Waals surface area contributed by atoms with Gasteiger partial charge in [-0.15, -0.1) is 0 Å². The number of rotatable bonds is 9. The van der Waals surface area contributed by atoms with Crippen LogP contribution in [0, 0.1) is 34.6 Å². The highest BCUT2D eigenvalue weighted by atomic mass is 32.2. The number of H-pyrrole nitrogens is 1. The van der Waals surface area contributed by atoms with Gasteiger partial charge in [0.15, 0.2) is 0 Å². The standard InChI is InChI=1S/C29H35N5O5S/c1-16-17(2)19(4)27(20(5)18(16)3)40(38,39)34-24(29(36)37)15-26-32-23-11-10-21(14-22(23)28(35)33-26)8-6-12-30-25-9-7-13-31-25/h6,8,10-11,14,24,34H,7,9,12-13,15H2,1-5H3,(H,30,31)(H,36,37)(H,32,33,35)/t24-/m0/s1. The minimum Gasteiger partial charge on any atom is -0.480 e. The molecule has 11 heteroatoms. The van der Waals surface area contributed by atoms with Gasteiger partial charge < -0.3 is 15.4 Å². The van der Waals surface area contributed by atoms with E-state index in [1.54, 1.807) is 26.0 Å². The number of carbonyl (C=O) groups is 1. The number of carboxylic acid groups (broad SMARTS) is 1. The topological polar surface area (TPSA) is 154 Å². The molecule has 0 aliphatic carbocycles. The average molecular weight is 566 g/mol. The zero-order chi connectivity index (χ0) is 29.2. The molecule has 2 aromatic carbocycles. The van der Waals surface area contributed by atoms with Crippen LogP contribution in [-0.4, -0.2) is 54.4 Å². The first-order chi connectivity index (χ1) is 18.9. The van der Waals surface area contributed by atoms with Crippen LogP contribution in [-0.2, 0) is 21.2 Å². The van der Waals surface area contributed by atoms with Gasteiger partial charge in [0.2, 0.25) is 10.0 Å². The van der Waals surface area contributed by atoms with Gasteiger partial charge in [-0.2, -0.15) is 4.72 Å². The number of nitrogens with one attached hydrogen (secondary N) is 3. The van der Waals surface area contributed by atoms with Crippen LogP contribution in [0.1, 0.15) is 52.0 Å². The Morgan fingerprint density at radius 2 is 1.77 bits per heavy atom. The lowest BCUT2D eigenvalue weighted by Crippen LogP contribution is -2.43. The van der Waals surface area contributed by atoms with Gasteiger partial charge in [-0.1, -0.05) is 18.2 Å². The lowest BCUT2D eigenvalue weighted by atomic mass is 9.95. The van der Waals surface area contributed by atoms with Gasteiger partial charge in [-0.05, 0) is 86.6 Å². The zero-order valence-corrected chi connectivity index (χ0v) is 24.2. The molecule has 0 bridgehead atoms. The Bertz CT molecular complexity index is 1680. The summed E-state index contributed by atoms with van der Waals surface area (Å²) in [6.07, 6.45) is 5.53. The predicted molar refractivity (Wildman–Crippen MR) is 157 cm³/mol. The largest absolute Gasteiger partial charge is 0.480 e. The van der Waals surface area contributed by atoms with Crippen molar-refractivity contribution in [1.82, 2.24) is 20.0 Å². The molecule has 4 rings (SSSR count). The number of aromatic amines is 1. The molecule has 10 nitrogen and oxygen atoms in total. The molecule has 2 heterocycles. The third kappa shape index (κ3) is 6.15. The number of amidine groups is 1. The van der Waals surface area contributed by atoms with E-state index in [0.29, 0.717) is 28.6 Å². The van der Waals surface area contributed by atoms with E-state index in [-0.39, 0.29) is 17.1 Å². The zero-order valence-electron chi connectivity index (χ0n) is 23.4. The van der Waals surface area contributed by atoms with Gasteiger partial charge >= 0.3 is 5.97 Å². The summed E-state index contributed by atoms with van der Waals surface area (Å²) in [6.45, 7) is 10.5. The second-order valence-electron chi connectivity index (χ2n) is 10.2. The van der Waals surface area contributed by atoms with Crippen molar-refractivity contribution < 1.29 is 18.3 Å². The summed E-state index contributed by atoms with van der Waals surface area (Å²) in [5.41, 5.74) is 4.58. The van der Waals surface area contributed by atoms with E-state index in [2.05, 4.69) is 25.0 Å². The molecule has 3 aromatic rings. The Morgan fingerprint density at radius 3 is 2.40 bits per heavy atom. The molecule has 0 spiro atoms. The lowest BCUT2D eigenvalue weighted by molar-refractivity contribution is -0.139. The SMILES string of the molecule is Cc1c(C)c(C)c(S(=O)(=O)N[C@@H](Cc2nc3ccc(C=CCNC4=NCCC4)cc3c(=O)[nH]2)C(=O)O)c(C)c1C. The summed E-state index contributed by atoms with van der Waals surface area (Å²) in [4.78, 5) is 36.5. The highest BCUT2D eigenvalue weighted by molar-refractivity contribution is 7.89. The molecule has 0 radical (unpaired) electrons. The van der Waals surface area contributed by atoms with Gasteiger partial charge in [-0.25, -0.2) is 13.4 Å². The minimum atomic E-state index is -4.19. The first-order valence-electron chi connectivity index (χ1n) is 13.2. The molecule has 1 aromatic heterocycles. The van der Waals surface area contributed by atoms with Crippen molar-refractivity contribution in [3.8, 4) is 0 Å². The van der Waals surface area contributed by atoms with Crippen molar-refractivity contribution in [2.24, 2.45) is 4.99 Å². The maximum atomic E-state index is 13.4. The van der Waals surface area contributed by atoms with E-state index >= 15 is 0 Å². The van der Waals surface area contributed by atoms with E-state index in [0.717, 1.165) is 47.5 Å². The molecule has 1 aliphatic heterocycles. The Kier molecular flexibility index (Phi) is 8.55. The van der Waals surface area contributed by atoms with Crippen LogP contribution in [0.2, 0.25) is 0 Å². The van der Waals surface area contributed by atoms with Crippen molar-refractivity contribution in [1.29, 1.82) is 0 Å². The quantitative estimate of drug-likeness (QED) is 0.311. The Balaban J connectivity index is 1.55. The van der Waals surface area contributed by atoms with Crippen molar-refractivity contribution >= 4 is 38.8 Å². The fraction of sp³-hybridized carbons (Fsp3) is 0.379. The normalized spacial score (nSPS) is 14.6. The van der Waals surface area contributed by atoms with Crippen molar-refractivity contribution in [3.63, 3.8) is 0 Å². The lowest BCUT2D eigenvalue weighted by Gasteiger charge is -2.21. The Morgan fingerprint density at radius 1 is 1.10 bits per heavy atom. The molecule has 4 N–H and O–H groups in total. The Hall–Kier alpha value is -3.83. The average Bonchev–Trinajstić information content (AvgIpc) is 3.42. The monoisotopic (exact) mass is 565 g/mol. The molecule has 1 aliphatic rings. The van der Waals surface area contributed by atoms with Crippen LogP contribution < -0.4 is 15.6 Å². The molecule has 0 fully saturated rings. The van der Waals surface area contributed by atoms with E-state index < -0.39 is 27.6 Å². The molecule has 40 heavy (non-hydrogen) atoms. The van der Waals surface area contributed by atoms with Crippen LogP contribution >= 0.6 is 0 Å². The van der Waals surface area contributed by atoms with Crippen LogP contribution in [0.25, 0.3) is 17.0 Å². The number of sulfonamides is 1.